The van der Waals surface area contributed by atoms with Crippen molar-refractivity contribution in [2.24, 2.45) is 0 Å². The minimum absolute atomic E-state index is 0.677. The van der Waals surface area contributed by atoms with E-state index in [0.717, 1.165) is 6.92 Å². The molecule has 0 aliphatic carbocycles. The van der Waals surface area contributed by atoms with Crippen LogP contribution < -0.4 is 0 Å². The lowest BCUT2D eigenvalue weighted by Gasteiger charge is -2.12. The van der Waals surface area contributed by atoms with Crippen molar-refractivity contribution in [2.75, 3.05) is 19.8 Å². The van der Waals surface area contributed by atoms with Gasteiger partial charge in [-0.2, -0.15) is 13.2 Å². The lowest BCUT2D eigenvalue weighted by atomic mass is 10.5. The van der Waals surface area contributed by atoms with Crippen LogP contribution in [0.1, 0.15) is 34.1 Å². The Morgan fingerprint density at radius 2 is 1.06 bits per heavy atom. The Morgan fingerprint density at radius 3 is 1.19 bits per heavy atom. The maximum atomic E-state index is 10.8. The fraction of sp³-hybridized carbons (Fsp3) is 1.00. The molecule has 0 unspecified atom stereocenters. The minimum Gasteiger partial charge on any atom is -0.376 e. The summed E-state index contributed by atoms with van der Waals surface area (Å²) in [5, 5.41) is 0. The molecule has 0 aromatic rings. The molecule has 0 fully saturated rings. The second-order valence-electron chi connectivity index (χ2n) is 2.62. The summed E-state index contributed by atoms with van der Waals surface area (Å²) >= 11 is 0. The van der Waals surface area contributed by atoms with Crippen LogP contribution in [0, 0.1) is 0 Å². The highest BCUT2D eigenvalue weighted by molar-refractivity contribution is 6.36. The van der Waals surface area contributed by atoms with E-state index in [1.165, 1.54) is 0 Å². The number of hydrogen-bond donors (Lipinski definition) is 0. The van der Waals surface area contributed by atoms with Crippen molar-refractivity contribution in [3.05, 3.63) is 0 Å². The molecule has 0 N–H and O–H groups in total. The summed E-state index contributed by atoms with van der Waals surface area (Å²) in [6.45, 7) is 8.94. The van der Waals surface area contributed by atoms with Crippen molar-refractivity contribution < 1.29 is 26.4 Å². The molecule has 0 spiro atoms. The van der Waals surface area contributed by atoms with Crippen LogP contribution in [0.15, 0.2) is 0 Å². The van der Waals surface area contributed by atoms with E-state index in [9.17, 15) is 13.2 Å². The summed E-state index contributed by atoms with van der Waals surface area (Å²) < 4.78 is 48.0. The Morgan fingerprint density at radius 1 is 0.812 bits per heavy atom. The average molecular weight is 262 g/mol. The second kappa shape index (κ2) is 11.4. The fourth-order valence-electron chi connectivity index (χ4n) is 0.553. The van der Waals surface area contributed by atoms with Gasteiger partial charge in [0.15, 0.2) is 0 Å². The van der Waals surface area contributed by atoms with Crippen LogP contribution in [0.4, 0.5) is 13.2 Å². The van der Waals surface area contributed by atoms with Gasteiger partial charge in [0.05, 0.1) is 0 Å². The minimum atomic E-state index is -3.96. The summed E-state index contributed by atoms with van der Waals surface area (Å²) in [7, 11) is -1.73. The van der Waals surface area contributed by atoms with Gasteiger partial charge in [0.2, 0.25) is 0 Å². The first kappa shape index (κ1) is 18.3. The molecular formula is C9H21F3O3Si. The maximum Gasteiger partial charge on any atom is 0.484 e. The van der Waals surface area contributed by atoms with E-state index in [1.54, 1.807) is 0 Å². The van der Waals surface area contributed by atoms with Crippen LogP contribution in [0.2, 0.25) is 0 Å². The van der Waals surface area contributed by atoms with Crippen LogP contribution in [0.25, 0.3) is 0 Å². The summed E-state index contributed by atoms with van der Waals surface area (Å²) in [4.78, 5) is 0. The van der Waals surface area contributed by atoms with Gasteiger partial charge >= 0.3 is 15.7 Å². The molecule has 0 aromatic carbocycles. The van der Waals surface area contributed by atoms with E-state index in [4.69, 9.17) is 13.3 Å². The molecule has 0 saturated carbocycles. The van der Waals surface area contributed by atoms with Gasteiger partial charge in [-0.15, -0.1) is 0 Å². The average Bonchev–Trinajstić information content (AvgIpc) is 2.19. The first-order chi connectivity index (χ1) is 7.41. The van der Waals surface area contributed by atoms with Gasteiger partial charge in [-0.05, 0) is 20.8 Å². The van der Waals surface area contributed by atoms with Crippen LogP contribution >= 0.6 is 0 Å². The van der Waals surface area contributed by atoms with E-state index in [0.29, 0.717) is 19.8 Å². The van der Waals surface area contributed by atoms with Crippen molar-refractivity contribution in [3.63, 3.8) is 0 Å². The molecule has 0 heterocycles. The third kappa shape index (κ3) is 16.3. The summed E-state index contributed by atoms with van der Waals surface area (Å²) in [5.41, 5.74) is 0. The SMILES string of the molecule is CCC(F)(F)F.CCO[SiH](OCC)OCC. The largest absolute Gasteiger partial charge is 0.484 e. The number of alkyl halides is 3. The first-order valence-corrected chi connectivity index (χ1v) is 6.74. The first-order valence-electron chi connectivity index (χ1n) is 5.32. The highest BCUT2D eigenvalue weighted by Gasteiger charge is 2.22. The van der Waals surface area contributed by atoms with Gasteiger partial charge in [-0.1, -0.05) is 6.92 Å². The predicted molar refractivity (Wildman–Crippen MR) is 58.4 cm³/mol. The molecule has 0 aliphatic rings. The molecular weight excluding hydrogens is 241 g/mol. The molecule has 0 bridgehead atoms. The summed E-state index contributed by atoms with van der Waals surface area (Å²) in [6, 6.07) is 0. The van der Waals surface area contributed by atoms with Crippen molar-refractivity contribution in [1.82, 2.24) is 0 Å². The zero-order valence-corrected chi connectivity index (χ0v) is 11.4. The second-order valence-corrected chi connectivity index (χ2v) is 4.20. The number of halogens is 3. The molecule has 0 amide bonds. The zero-order valence-electron chi connectivity index (χ0n) is 10.3. The van der Waals surface area contributed by atoms with Crippen molar-refractivity contribution in [1.29, 1.82) is 0 Å². The molecule has 16 heavy (non-hydrogen) atoms. The standard InChI is InChI=1S/C6H16O3Si.C3H5F3/c1-4-7-10(8-5-2)9-6-3;1-2-3(4,5)6/h10H,4-6H2,1-3H3;2H2,1H3. The topological polar surface area (TPSA) is 27.7 Å². The van der Waals surface area contributed by atoms with Gasteiger partial charge in [-0.25, -0.2) is 0 Å². The van der Waals surface area contributed by atoms with E-state index >= 15 is 0 Å². The zero-order chi connectivity index (χ0) is 13.0. The predicted octanol–water partition coefficient (Wildman–Crippen LogP) is 2.77. The Labute approximate surface area is 96.8 Å². The van der Waals surface area contributed by atoms with Gasteiger partial charge in [0, 0.05) is 26.2 Å². The molecule has 0 rings (SSSR count). The quantitative estimate of drug-likeness (QED) is 0.689. The lowest BCUT2D eigenvalue weighted by molar-refractivity contribution is -0.130. The monoisotopic (exact) mass is 262 g/mol. The third-order valence-electron chi connectivity index (χ3n) is 1.31. The molecule has 7 heteroatoms. The Balaban J connectivity index is 0. The molecule has 100 valence electrons. The van der Waals surface area contributed by atoms with E-state index < -0.39 is 22.1 Å². The van der Waals surface area contributed by atoms with Crippen molar-refractivity contribution in [2.45, 2.75) is 40.3 Å². The van der Waals surface area contributed by atoms with E-state index in [2.05, 4.69) is 0 Å². The van der Waals surface area contributed by atoms with E-state index in [1.807, 2.05) is 20.8 Å². The lowest BCUT2D eigenvalue weighted by Crippen LogP contribution is -2.27. The fourth-order valence-corrected chi connectivity index (χ4v) is 1.66. The van der Waals surface area contributed by atoms with Gasteiger partial charge in [0.1, 0.15) is 0 Å². The Kier molecular flexibility index (Phi) is 13.0. The van der Waals surface area contributed by atoms with Gasteiger partial charge < -0.3 is 13.3 Å². The molecule has 0 radical (unpaired) electrons. The Hall–Kier alpha value is -0.113. The van der Waals surface area contributed by atoms with Crippen LogP contribution in [-0.4, -0.2) is 35.5 Å². The number of hydrogen-bond acceptors (Lipinski definition) is 3. The normalized spacial score (nSPS) is 11.2. The maximum absolute atomic E-state index is 10.8. The van der Waals surface area contributed by atoms with E-state index in [-0.39, 0.29) is 0 Å². The third-order valence-corrected chi connectivity index (χ3v) is 3.13. The van der Waals surface area contributed by atoms with Crippen molar-refractivity contribution in [3.8, 4) is 0 Å². The highest BCUT2D eigenvalue weighted by Crippen LogP contribution is 2.17. The number of rotatable bonds is 6. The van der Waals surface area contributed by atoms with Crippen LogP contribution in [0.3, 0.4) is 0 Å². The van der Waals surface area contributed by atoms with Crippen LogP contribution in [-0.2, 0) is 13.3 Å². The summed E-state index contributed by atoms with van der Waals surface area (Å²) in [5.74, 6) is 0. The van der Waals surface area contributed by atoms with Crippen molar-refractivity contribution >= 4 is 9.53 Å². The Bertz CT molecular complexity index is 130. The molecule has 0 atom stereocenters. The highest BCUT2D eigenvalue weighted by atomic mass is 28.3. The molecule has 0 saturated heterocycles. The molecule has 3 nitrogen and oxygen atoms in total. The van der Waals surface area contributed by atoms with Crippen LogP contribution in [0.5, 0.6) is 0 Å². The van der Waals surface area contributed by atoms with Gasteiger partial charge in [-0.3, -0.25) is 0 Å². The smallest absolute Gasteiger partial charge is 0.376 e. The molecule has 0 aromatic heterocycles. The molecule has 0 aliphatic heterocycles. The summed E-state index contributed by atoms with van der Waals surface area (Å²) in [6.07, 6.45) is -4.69. The van der Waals surface area contributed by atoms with Gasteiger partial charge in [0.25, 0.3) is 0 Å².